The van der Waals surface area contributed by atoms with Gasteiger partial charge in [0, 0.05) is 42.2 Å². The predicted octanol–water partition coefficient (Wildman–Crippen LogP) is 5.84. The maximum atomic E-state index is 11.5. The molecule has 0 unspecified atom stereocenters. The van der Waals surface area contributed by atoms with Gasteiger partial charge in [0.1, 0.15) is 17.9 Å². The van der Waals surface area contributed by atoms with Gasteiger partial charge in [0.05, 0.1) is 23.4 Å². The van der Waals surface area contributed by atoms with Gasteiger partial charge in [-0.3, -0.25) is 0 Å². The van der Waals surface area contributed by atoms with E-state index in [0.29, 0.717) is 46.9 Å². The molecule has 3 aromatic rings. The highest BCUT2D eigenvalue weighted by Gasteiger charge is 2.44. The van der Waals surface area contributed by atoms with Crippen LogP contribution in [0.2, 0.25) is 23.2 Å². The van der Waals surface area contributed by atoms with Gasteiger partial charge in [-0.2, -0.15) is 18.8 Å². The van der Waals surface area contributed by atoms with Gasteiger partial charge in [-0.15, -0.1) is 0 Å². The predicted molar refractivity (Wildman–Crippen MR) is 172 cm³/mol. The van der Waals surface area contributed by atoms with E-state index < -0.39 is 13.7 Å². The molecule has 1 aromatic carbocycles. The lowest BCUT2D eigenvalue weighted by Gasteiger charge is -2.39. The van der Waals surface area contributed by atoms with Crippen molar-refractivity contribution in [3.8, 4) is 23.2 Å². The second kappa shape index (κ2) is 12.4. The van der Waals surface area contributed by atoms with Crippen molar-refractivity contribution in [3.05, 3.63) is 52.8 Å². The number of carbonyl (C=O) groups excluding carboxylic acids is 1. The minimum Gasteiger partial charge on any atom is -0.480 e. The Bertz CT molecular complexity index is 1480. The highest BCUT2D eigenvalue weighted by molar-refractivity contribution is 7.59. The number of pyridine rings is 1. The van der Waals surface area contributed by atoms with Crippen molar-refractivity contribution >= 4 is 64.3 Å². The van der Waals surface area contributed by atoms with E-state index in [4.69, 9.17) is 25.7 Å². The number of halogens is 1. The van der Waals surface area contributed by atoms with Crippen molar-refractivity contribution < 1.29 is 14.0 Å². The van der Waals surface area contributed by atoms with Crippen LogP contribution in [0.4, 0.5) is 17.3 Å². The molecule has 1 aliphatic rings. The fraction of sp³-hybridized carbons (Fsp3) is 0.393. The van der Waals surface area contributed by atoms with Crippen molar-refractivity contribution in [1.29, 1.82) is 5.26 Å². The van der Waals surface area contributed by atoms with Crippen LogP contribution in [0.1, 0.15) is 38.8 Å². The van der Waals surface area contributed by atoms with Gasteiger partial charge in [0.2, 0.25) is 11.8 Å². The summed E-state index contributed by atoms with van der Waals surface area (Å²) in [6, 6.07) is 9.62. The molecule has 0 amide bonds. The molecule has 0 spiro atoms. The van der Waals surface area contributed by atoms with Gasteiger partial charge in [-0.1, -0.05) is 39.3 Å². The minimum absolute atomic E-state index is 0. The smallest absolute Gasteiger partial charge is 0.329 e. The Hall–Kier alpha value is -3.11. The Morgan fingerprint density at radius 3 is 2.66 bits per heavy atom. The molecule has 41 heavy (non-hydrogen) atoms. The standard InChI is InChI=1S/C28H33BClN6O3Si.H2S/c1-27(2,3)40(6,7)39-16-28(4)15-36(29-17-37)24-19(13-31)10-18(11-21(24)28)22-8-9-32-26(34-22)35-23-12-20(30)14-33-25(23)38-5;/h8-12,14,17H,15-16H2,1-7H3,(H,32,34,35);1H2/t28-;/m0./s1. The van der Waals surface area contributed by atoms with Crippen LogP contribution in [0.5, 0.6) is 5.88 Å². The molecule has 215 valence electrons. The Morgan fingerprint density at radius 1 is 1.29 bits per heavy atom. The number of ether oxygens (including phenoxy) is 1. The van der Waals surface area contributed by atoms with Gasteiger partial charge < -0.3 is 24.1 Å². The van der Waals surface area contributed by atoms with Gasteiger partial charge in [-0.25, -0.2) is 15.0 Å². The third kappa shape index (κ3) is 6.70. The molecule has 1 aliphatic heterocycles. The number of aromatic nitrogens is 3. The van der Waals surface area contributed by atoms with Crippen LogP contribution in [0.15, 0.2) is 36.7 Å². The molecule has 1 radical (unpaired) electrons. The summed E-state index contributed by atoms with van der Waals surface area (Å²) in [5.74, 6) is 0.672. The van der Waals surface area contributed by atoms with Crippen LogP contribution in [0.3, 0.4) is 0 Å². The van der Waals surface area contributed by atoms with Crippen LogP contribution in [0.25, 0.3) is 11.3 Å². The number of hydrogen-bond acceptors (Lipinski definition) is 9. The minimum atomic E-state index is -2.05. The summed E-state index contributed by atoms with van der Waals surface area (Å²) in [5, 5.41) is 13.8. The second-order valence-electron chi connectivity index (χ2n) is 11.7. The Labute approximate surface area is 255 Å². The lowest BCUT2D eigenvalue weighted by molar-refractivity contribution is 0.219. The third-order valence-electron chi connectivity index (χ3n) is 7.69. The molecule has 2 aromatic heterocycles. The third-order valence-corrected chi connectivity index (χ3v) is 12.4. The van der Waals surface area contributed by atoms with Crippen LogP contribution in [0, 0.1) is 11.3 Å². The van der Waals surface area contributed by atoms with Gasteiger partial charge in [0.25, 0.3) is 0 Å². The number of fused-ring (bicyclic) bond motifs is 1. The molecule has 0 fully saturated rings. The van der Waals surface area contributed by atoms with E-state index in [-0.39, 0.29) is 18.5 Å². The summed E-state index contributed by atoms with van der Waals surface area (Å²) < 4.78 is 12.0. The number of benzene rings is 1. The number of methoxy groups -OCH3 is 1. The van der Waals surface area contributed by atoms with Gasteiger partial charge in [0.15, 0.2) is 8.32 Å². The normalized spacial score (nSPS) is 16.3. The summed E-state index contributed by atoms with van der Waals surface area (Å²) in [5.41, 5.74) is 3.55. The van der Waals surface area contributed by atoms with Crippen molar-refractivity contribution in [2.75, 3.05) is 30.4 Å². The first-order valence-electron chi connectivity index (χ1n) is 12.9. The summed E-state index contributed by atoms with van der Waals surface area (Å²) in [6.07, 6.45) is 3.88. The Kier molecular flexibility index (Phi) is 9.81. The van der Waals surface area contributed by atoms with E-state index in [0.717, 1.165) is 23.0 Å². The number of nitrogens with one attached hydrogen (secondary N) is 1. The van der Waals surface area contributed by atoms with Gasteiger partial charge >= 0.3 is 7.41 Å². The molecule has 1 atom stereocenters. The molecule has 0 saturated carbocycles. The highest BCUT2D eigenvalue weighted by Crippen LogP contribution is 2.46. The number of carbonyl (C=O) groups is 1. The molecule has 1 N–H and O–H groups in total. The maximum absolute atomic E-state index is 11.5. The van der Waals surface area contributed by atoms with Crippen molar-refractivity contribution in [2.45, 2.75) is 51.2 Å². The first kappa shape index (κ1) is 32.4. The largest absolute Gasteiger partial charge is 0.480 e. The quantitative estimate of drug-likeness (QED) is 0.236. The Balaban J connectivity index is 0.00000462. The molecular formula is C28H35BClN6O3SSi. The van der Waals surface area contributed by atoms with E-state index >= 15 is 0 Å². The fourth-order valence-corrected chi connectivity index (χ4v) is 5.71. The molecule has 0 aliphatic carbocycles. The first-order valence-corrected chi connectivity index (χ1v) is 16.2. The van der Waals surface area contributed by atoms with E-state index in [1.165, 1.54) is 20.7 Å². The summed E-state index contributed by atoms with van der Waals surface area (Å²) in [7, 11) is 0.946. The van der Waals surface area contributed by atoms with Crippen molar-refractivity contribution in [3.63, 3.8) is 0 Å². The van der Waals surface area contributed by atoms with Crippen LogP contribution in [-0.4, -0.2) is 57.1 Å². The van der Waals surface area contributed by atoms with Crippen LogP contribution in [-0.2, 0) is 14.6 Å². The van der Waals surface area contributed by atoms with E-state index in [1.54, 1.807) is 24.4 Å². The second-order valence-corrected chi connectivity index (χ2v) is 16.9. The summed E-state index contributed by atoms with van der Waals surface area (Å²) in [4.78, 5) is 26.6. The van der Waals surface area contributed by atoms with E-state index in [1.807, 2.05) is 10.9 Å². The zero-order valence-corrected chi connectivity index (χ0v) is 27.1. The lowest BCUT2D eigenvalue weighted by Crippen LogP contribution is -2.46. The Morgan fingerprint density at radius 2 is 2.02 bits per heavy atom. The fourth-order valence-electron chi connectivity index (χ4n) is 4.44. The summed E-state index contributed by atoms with van der Waals surface area (Å²) >= 11 is 6.13. The number of rotatable bonds is 9. The molecule has 4 rings (SSSR count). The van der Waals surface area contributed by atoms with Crippen molar-refractivity contribution in [2.24, 2.45) is 0 Å². The molecule has 3 heterocycles. The monoisotopic (exact) mass is 609 g/mol. The van der Waals surface area contributed by atoms with E-state index in [2.05, 4.69) is 62.1 Å². The molecular weight excluding hydrogens is 575 g/mol. The topological polar surface area (TPSA) is 113 Å². The zero-order chi connectivity index (χ0) is 29.3. The molecule has 0 saturated heterocycles. The van der Waals surface area contributed by atoms with Crippen LogP contribution >= 0.6 is 25.1 Å². The average Bonchev–Trinajstić information content (AvgIpc) is 3.19. The average molecular weight is 610 g/mol. The SMILES string of the molecule is COc1ncc(Cl)cc1Nc1nccc(-c2cc(C#N)c3c(c2)[C@](C)(CO[Si](C)(C)C(C)(C)C)CN3[B]C=O)n1.S. The number of anilines is 3. The molecule has 13 heteroatoms. The maximum Gasteiger partial charge on any atom is 0.329 e. The number of nitriles is 1. The number of hydrogen-bond donors (Lipinski definition) is 1. The molecule has 9 nitrogen and oxygen atoms in total. The van der Waals surface area contributed by atoms with Gasteiger partial charge in [-0.05, 0) is 48.0 Å². The zero-order valence-electron chi connectivity index (χ0n) is 24.4. The van der Waals surface area contributed by atoms with Crippen molar-refractivity contribution in [1.82, 2.24) is 15.0 Å². The first-order chi connectivity index (χ1) is 18.8. The van der Waals surface area contributed by atoms with E-state index in [9.17, 15) is 10.1 Å². The van der Waals surface area contributed by atoms with Crippen LogP contribution < -0.4 is 14.9 Å². The summed E-state index contributed by atoms with van der Waals surface area (Å²) in [6.45, 7) is 14.2. The highest BCUT2D eigenvalue weighted by atomic mass is 35.5. The number of nitrogens with zero attached hydrogens (tertiary/aromatic N) is 5. The molecule has 0 bridgehead atoms. The lowest BCUT2D eigenvalue weighted by atomic mass is 9.83.